The zero-order valence-electron chi connectivity index (χ0n) is 31.5. The summed E-state index contributed by atoms with van der Waals surface area (Å²) in [5.41, 5.74) is 5.37. The first-order chi connectivity index (χ1) is 23.4. The predicted octanol–water partition coefficient (Wildman–Crippen LogP) is 10.8. The van der Waals surface area contributed by atoms with Gasteiger partial charge in [-0.15, -0.1) is 0 Å². The van der Waals surface area contributed by atoms with Crippen LogP contribution in [0, 0.1) is 0 Å². The van der Waals surface area contributed by atoms with Crippen LogP contribution >= 0.6 is 7.82 Å². The Morgan fingerprint density at radius 2 is 1.08 bits per heavy atom. The summed E-state index contributed by atoms with van der Waals surface area (Å²) in [4.78, 5) is 22.7. The number of phosphoric acid groups is 1. The summed E-state index contributed by atoms with van der Waals surface area (Å²) in [6, 6.07) is -0.774. The Morgan fingerprint density at radius 1 is 0.667 bits per heavy atom. The molecule has 0 rings (SSSR count). The van der Waals surface area contributed by atoms with E-state index in [9.17, 15) is 19.4 Å². The van der Waals surface area contributed by atoms with Crippen LogP contribution in [-0.4, -0.2) is 47.8 Å². The zero-order chi connectivity index (χ0) is 35.4. The van der Waals surface area contributed by atoms with E-state index in [0.29, 0.717) is 12.8 Å². The number of hydrogen-bond acceptors (Lipinski definition) is 6. The van der Waals surface area contributed by atoms with Gasteiger partial charge in [-0.05, 0) is 38.5 Å². The van der Waals surface area contributed by atoms with Crippen LogP contribution in [0.15, 0.2) is 12.2 Å². The number of allylic oxidation sites excluding steroid dienone is 2. The maximum Gasteiger partial charge on any atom is 0.472 e. The Bertz CT molecular complexity index is 769. The lowest BCUT2D eigenvalue weighted by Crippen LogP contribution is -2.46. The molecular weight excluding hydrogens is 623 g/mol. The summed E-state index contributed by atoms with van der Waals surface area (Å²) >= 11 is 0. The molecule has 0 aromatic carbocycles. The second kappa shape index (κ2) is 36.0. The first kappa shape index (κ1) is 47.2. The van der Waals surface area contributed by atoms with E-state index >= 15 is 0 Å². The van der Waals surface area contributed by atoms with Gasteiger partial charge in [-0.25, -0.2) is 4.57 Å². The van der Waals surface area contributed by atoms with Gasteiger partial charge >= 0.3 is 7.82 Å². The zero-order valence-corrected chi connectivity index (χ0v) is 32.4. The maximum atomic E-state index is 12.7. The minimum absolute atomic E-state index is 0.0891. The third-order valence-electron chi connectivity index (χ3n) is 9.12. The van der Waals surface area contributed by atoms with Crippen LogP contribution in [0.25, 0.3) is 0 Å². The quantitative estimate of drug-likeness (QED) is 0.0286. The van der Waals surface area contributed by atoms with Gasteiger partial charge in [-0.2, -0.15) is 0 Å². The van der Waals surface area contributed by atoms with Crippen molar-refractivity contribution >= 4 is 13.7 Å². The third-order valence-corrected chi connectivity index (χ3v) is 10.1. The molecule has 0 saturated heterocycles. The second-order valence-corrected chi connectivity index (χ2v) is 15.3. The molecule has 0 aromatic rings. The number of rotatable bonds is 38. The van der Waals surface area contributed by atoms with Crippen LogP contribution in [0.2, 0.25) is 0 Å². The van der Waals surface area contributed by atoms with Crippen LogP contribution in [0.5, 0.6) is 0 Å². The first-order valence-corrected chi connectivity index (χ1v) is 21.8. The lowest BCUT2D eigenvalue weighted by atomic mass is 10.0. The number of phosphoric ester groups is 1. The number of carbonyl (C=O) groups is 1. The van der Waals surface area contributed by atoms with Crippen LogP contribution in [0.3, 0.4) is 0 Å². The van der Waals surface area contributed by atoms with E-state index in [1.165, 1.54) is 122 Å². The highest BCUT2D eigenvalue weighted by Gasteiger charge is 2.27. The van der Waals surface area contributed by atoms with Gasteiger partial charge in [0.15, 0.2) is 0 Å². The summed E-state index contributed by atoms with van der Waals surface area (Å²) in [5, 5.41) is 13.8. The molecule has 9 heteroatoms. The summed E-state index contributed by atoms with van der Waals surface area (Å²) in [5.74, 6) is -0.170. The molecule has 0 aromatic heterocycles. The van der Waals surface area contributed by atoms with Crippen molar-refractivity contribution in [2.24, 2.45) is 5.73 Å². The predicted molar refractivity (Wildman–Crippen MR) is 203 cm³/mol. The molecule has 3 atom stereocenters. The van der Waals surface area contributed by atoms with Crippen LogP contribution in [0.1, 0.15) is 200 Å². The van der Waals surface area contributed by atoms with Gasteiger partial charge in [0, 0.05) is 13.0 Å². The van der Waals surface area contributed by atoms with E-state index < -0.39 is 20.0 Å². The Kier molecular flexibility index (Phi) is 35.5. The van der Waals surface area contributed by atoms with E-state index in [1.807, 2.05) is 0 Å². The van der Waals surface area contributed by atoms with Crippen LogP contribution in [0.4, 0.5) is 0 Å². The van der Waals surface area contributed by atoms with Gasteiger partial charge in [-0.3, -0.25) is 13.8 Å². The number of nitrogens with two attached hydrogens (primary N) is 1. The molecule has 286 valence electrons. The van der Waals surface area contributed by atoms with E-state index in [4.69, 9.17) is 14.8 Å². The van der Waals surface area contributed by atoms with Gasteiger partial charge in [0.05, 0.1) is 25.4 Å². The highest BCUT2D eigenvalue weighted by Crippen LogP contribution is 2.43. The molecule has 0 aliphatic heterocycles. The van der Waals surface area contributed by atoms with Gasteiger partial charge < -0.3 is 21.1 Å². The number of nitrogens with one attached hydrogen (secondary N) is 1. The number of carbonyl (C=O) groups excluding carboxylic acids is 1. The molecule has 0 radical (unpaired) electrons. The molecule has 3 unspecified atom stereocenters. The van der Waals surface area contributed by atoms with Gasteiger partial charge in [0.2, 0.25) is 5.91 Å². The van der Waals surface area contributed by atoms with E-state index in [1.54, 1.807) is 0 Å². The summed E-state index contributed by atoms with van der Waals surface area (Å²) in [7, 11) is -4.31. The highest BCUT2D eigenvalue weighted by molar-refractivity contribution is 7.47. The first-order valence-electron chi connectivity index (χ1n) is 20.3. The molecule has 0 heterocycles. The van der Waals surface area contributed by atoms with Crippen molar-refractivity contribution in [3.8, 4) is 0 Å². The largest absolute Gasteiger partial charge is 0.472 e. The van der Waals surface area contributed by atoms with Crippen LogP contribution in [-0.2, 0) is 18.4 Å². The van der Waals surface area contributed by atoms with Crippen molar-refractivity contribution in [1.82, 2.24) is 5.32 Å². The monoisotopic (exact) mass is 703 g/mol. The number of aliphatic hydroxyl groups is 1. The van der Waals surface area contributed by atoms with E-state index in [0.717, 1.165) is 51.4 Å². The molecule has 0 fully saturated rings. The maximum absolute atomic E-state index is 12.7. The highest BCUT2D eigenvalue weighted by atomic mass is 31.2. The standard InChI is InChI=1S/C39H79N2O6P/c1-3-5-7-9-11-13-15-17-19-21-23-25-27-29-31-33-39(43)41-37(36-47-48(44,45)46-35-34-40)38(42)32-30-28-26-24-22-20-18-16-14-12-10-8-6-4-2/h17,19,37-38,42H,3-16,18,20-36,40H2,1-2H3,(H,41,43)(H,44,45)/b19-17-. The summed E-state index contributed by atoms with van der Waals surface area (Å²) < 4.78 is 22.1. The van der Waals surface area contributed by atoms with Gasteiger partial charge in [-0.1, -0.05) is 167 Å². The van der Waals surface area contributed by atoms with Gasteiger partial charge in [0.25, 0.3) is 0 Å². The van der Waals surface area contributed by atoms with Crippen molar-refractivity contribution in [3.63, 3.8) is 0 Å². The normalized spacial score (nSPS) is 14.4. The molecule has 1 amide bonds. The third kappa shape index (κ3) is 33.7. The topological polar surface area (TPSA) is 131 Å². The fraction of sp³-hybridized carbons (Fsp3) is 0.923. The number of amides is 1. The summed E-state index contributed by atoms with van der Waals surface area (Å²) in [6.07, 6.45) is 37.8. The van der Waals surface area contributed by atoms with Crippen molar-refractivity contribution < 1.29 is 28.4 Å². The minimum atomic E-state index is -4.31. The van der Waals surface area contributed by atoms with Crippen molar-refractivity contribution in [3.05, 3.63) is 12.2 Å². The van der Waals surface area contributed by atoms with Gasteiger partial charge in [0.1, 0.15) is 0 Å². The average Bonchev–Trinajstić information content (AvgIpc) is 3.07. The molecular formula is C39H79N2O6P. The Hall–Kier alpha value is -0.760. The Balaban J connectivity index is 4.21. The average molecular weight is 703 g/mol. The van der Waals surface area contributed by atoms with E-state index in [-0.39, 0.29) is 25.7 Å². The number of unbranched alkanes of at least 4 members (excludes halogenated alkanes) is 24. The van der Waals surface area contributed by atoms with Crippen LogP contribution < -0.4 is 11.1 Å². The van der Waals surface area contributed by atoms with Crippen molar-refractivity contribution in [2.45, 2.75) is 212 Å². The molecule has 48 heavy (non-hydrogen) atoms. The molecule has 8 nitrogen and oxygen atoms in total. The lowest BCUT2D eigenvalue weighted by molar-refractivity contribution is -0.123. The molecule has 0 aliphatic carbocycles. The Morgan fingerprint density at radius 3 is 1.54 bits per heavy atom. The Labute approximate surface area is 296 Å². The van der Waals surface area contributed by atoms with E-state index in [2.05, 4.69) is 31.3 Å². The molecule has 0 aliphatic rings. The SMILES string of the molecule is CCCCCCCC/C=C\CCCCCCCC(=O)NC(COP(=O)(O)OCCN)C(O)CCCCCCCCCCCCCCCC. The molecule has 0 saturated carbocycles. The fourth-order valence-corrected chi connectivity index (χ4v) is 6.77. The molecule has 5 N–H and O–H groups in total. The lowest BCUT2D eigenvalue weighted by Gasteiger charge is -2.25. The fourth-order valence-electron chi connectivity index (χ4n) is 6.01. The second-order valence-electron chi connectivity index (χ2n) is 13.8. The van der Waals surface area contributed by atoms with Crippen molar-refractivity contribution in [2.75, 3.05) is 19.8 Å². The molecule has 0 spiro atoms. The number of aliphatic hydroxyl groups excluding tert-OH is 1. The number of hydrogen-bond donors (Lipinski definition) is 4. The smallest absolute Gasteiger partial charge is 0.391 e. The minimum Gasteiger partial charge on any atom is -0.391 e. The summed E-state index contributed by atoms with van der Waals surface area (Å²) in [6.45, 7) is 4.20. The van der Waals surface area contributed by atoms with Crippen molar-refractivity contribution in [1.29, 1.82) is 0 Å². The molecule has 0 bridgehead atoms.